The van der Waals surface area contributed by atoms with E-state index in [1.165, 1.54) is 0 Å². The van der Waals surface area contributed by atoms with Gasteiger partial charge < -0.3 is 9.30 Å². The van der Waals surface area contributed by atoms with Gasteiger partial charge in [-0.3, -0.25) is 4.68 Å². The molecule has 0 spiro atoms. The number of aromatic nitrogens is 3. The summed E-state index contributed by atoms with van der Waals surface area (Å²) in [4.78, 5) is 11.9. The summed E-state index contributed by atoms with van der Waals surface area (Å²) < 4.78 is 9.78. The number of halogens is 1. The molecule has 0 N–H and O–H groups in total. The molecule has 2 aromatic heterocycles. The topological polar surface area (TPSA) is 49.1 Å². The first-order valence-corrected chi connectivity index (χ1v) is 7.40. The highest BCUT2D eigenvalue weighted by molar-refractivity contribution is 9.10. The fraction of sp³-hybridized carbons (Fsp3) is 0.429. The van der Waals surface area contributed by atoms with E-state index in [1.807, 2.05) is 28.6 Å². The van der Waals surface area contributed by atoms with Crippen LogP contribution in [0.15, 0.2) is 22.8 Å². The predicted molar refractivity (Wildman–Crippen MR) is 79.8 cm³/mol. The Balaban J connectivity index is 2.29. The second-order valence-electron chi connectivity index (χ2n) is 4.43. The number of aryl methyl sites for hydroxylation is 2. The molecule has 0 saturated heterocycles. The normalized spacial score (nSPS) is 10.8. The molecule has 0 unspecified atom stereocenters. The quantitative estimate of drug-likeness (QED) is 0.787. The van der Waals surface area contributed by atoms with Gasteiger partial charge in [0.2, 0.25) is 0 Å². The standard InChI is InChI=1S/C14H18BrN3O2/c1-4-10-13(15)12(17(3)16-10)9-18-8-6-7-11(18)14(19)20-5-2/h6-8H,4-5,9H2,1-3H3. The number of carbonyl (C=O) groups excluding carboxylic acids is 1. The van der Waals surface area contributed by atoms with E-state index in [2.05, 4.69) is 28.0 Å². The molecule has 0 aliphatic heterocycles. The van der Waals surface area contributed by atoms with E-state index in [1.54, 1.807) is 13.0 Å². The van der Waals surface area contributed by atoms with Crippen molar-refractivity contribution in [2.75, 3.05) is 6.61 Å². The van der Waals surface area contributed by atoms with Crippen molar-refractivity contribution < 1.29 is 9.53 Å². The van der Waals surface area contributed by atoms with E-state index < -0.39 is 0 Å². The molecule has 6 heteroatoms. The molecule has 0 bridgehead atoms. The van der Waals surface area contributed by atoms with Crippen LogP contribution in [-0.2, 0) is 24.8 Å². The first-order chi connectivity index (χ1) is 9.58. The van der Waals surface area contributed by atoms with Crippen LogP contribution in [0.2, 0.25) is 0 Å². The van der Waals surface area contributed by atoms with E-state index >= 15 is 0 Å². The highest BCUT2D eigenvalue weighted by Crippen LogP contribution is 2.23. The van der Waals surface area contributed by atoms with Crippen LogP contribution < -0.4 is 0 Å². The van der Waals surface area contributed by atoms with Crippen molar-refractivity contribution in [3.05, 3.63) is 39.9 Å². The molecule has 0 aliphatic rings. The van der Waals surface area contributed by atoms with Crippen LogP contribution in [0.1, 0.15) is 35.7 Å². The zero-order valence-electron chi connectivity index (χ0n) is 11.9. The molecule has 2 aromatic rings. The van der Waals surface area contributed by atoms with Gasteiger partial charge in [-0.25, -0.2) is 4.79 Å². The van der Waals surface area contributed by atoms with E-state index in [0.717, 1.165) is 22.3 Å². The SMILES string of the molecule is CCOC(=O)c1cccn1Cc1c(Br)c(CC)nn1C. The lowest BCUT2D eigenvalue weighted by Gasteiger charge is -2.09. The number of ether oxygens (including phenoxy) is 1. The number of rotatable bonds is 5. The molecular formula is C14H18BrN3O2. The molecule has 20 heavy (non-hydrogen) atoms. The summed E-state index contributed by atoms with van der Waals surface area (Å²) in [6.07, 6.45) is 2.74. The molecule has 2 heterocycles. The average Bonchev–Trinajstić information content (AvgIpc) is 2.98. The van der Waals surface area contributed by atoms with Gasteiger partial charge in [0, 0.05) is 13.2 Å². The summed E-state index contributed by atoms with van der Waals surface area (Å²) in [5.41, 5.74) is 2.61. The molecule has 0 radical (unpaired) electrons. The number of esters is 1. The van der Waals surface area contributed by atoms with Crippen LogP contribution in [-0.4, -0.2) is 26.9 Å². The molecule has 0 aliphatic carbocycles. The number of carbonyl (C=O) groups is 1. The molecule has 0 saturated carbocycles. The molecule has 0 fully saturated rings. The zero-order valence-corrected chi connectivity index (χ0v) is 13.5. The third-order valence-electron chi connectivity index (χ3n) is 3.14. The molecule has 0 amide bonds. The van der Waals surface area contributed by atoms with Gasteiger partial charge in [0.05, 0.1) is 29.0 Å². The second-order valence-corrected chi connectivity index (χ2v) is 5.22. The van der Waals surface area contributed by atoms with E-state index in [4.69, 9.17) is 4.74 Å². The third kappa shape index (κ3) is 2.80. The summed E-state index contributed by atoms with van der Waals surface area (Å²) in [5.74, 6) is -0.300. The van der Waals surface area contributed by atoms with Crippen LogP contribution in [0.25, 0.3) is 0 Å². The molecular weight excluding hydrogens is 322 g/mol. The maximum Gasteiger partial charge on any atom is 0.354 e. The summed E-state index contributed by atoms with van der Waals surface area (Å²) in [7, 11) is 1.91. The Morgan fingerprint density at radius 3 is 2.80 bits per heavy atom. The molecule has 108 valence electrons. The van der Waals surface area contributed by atoms with E-state index in [9.17, 15) is 4.79 Å². The molecule has 2 rings (SSSR count). The molecule has 5 nitrogen and oxygen atoms in total. The lowest BCUT2D eigenvalue weighted by atomic mass is 10.3. The van der Waals surface area contributed by atoms with Crippen LogP contribution in [0, 0.1) is 0 Å². The summed E-state index contributed by atoms with van der Waals surface area (Å²) in [6.45, 7) is 4.82. The van der Waals surface area contributed by atoms with E-state index in [0.29, 0.717) is 18.8 Å². The van der Waals surface area contributed by atoms with Gasteiger partial charge in [-0.2, -0.15) is 5.10 Å². The van der Waals surface area contributed by atoms with Crippen LogP contribution in [0.4, 0.5) is 0 Å². The Morgan fingerprint density at radius 1 is 1.45 bits per heavy atom. The minimum absolute atomic E-state index is 0.300. The highest BCUT2D eigenvalue weighted by Gasteiger charge is 2.16. The van der Waals surface area contributed by atoms with Crippen molar-refractivity contribution in [2.45, 2.75) is 26.8 Å². The first-order valence-electron chi connectivity index (χ1n) is 6.61. The van der Waals surface area contributed by atoms with Crippen molar-refractivity contribution in [3.8, 4) is 0 Å². The summed E-state index contributed by atoms with van der Waals surface area (Å²) in [6, 6.07) is 3.61. The second kappa shape index (κ2) is 6.26. The highest BCUT2D eigenvalue weighted by atomic mass is 79.9. The van der Waals surface area contributed by atoms with Gasteiger partial charge in [0.25, 0.3) is 0 Å². The van der Waals surface area contributed by atoms with Crippen LogP contribution in [0.5, 0.6) is 0 Å². The minimum atomic E-state index is -0.300. The minimum Gasteiger partial charge on any atom is -0.461 e. The van der Waals surface area contributed by atoms with Gasteiger partial charge in [-0.15, -0.1) is 0 Å². The van der Waals surface area contributed by atoms with Gasteiger partial charge in [-0.05, 0) is 41.4 Å². The summed E-state index contributed by atoms with van der Waals surface area (Å²) in [5, 5.41) is 4.46. The van der Waals surface area contributed by atoms with Gasteiger partial charge in [0.15, 0.2) is 0 Å². The lowest BCUT2D eigenvalue weighted by molar-refractivity contribution is 0.0514. The van der Waals surface area contributed by atoms with Crippen molar-refractivity contribution in [2.24, 2.45) is 7.05 Å². The van der Waals surface area contributed by atoms with Crippen molar-refractivity contribution in [1.82, 2.24) is 14.3 Å². The number of hydrogen-bond acceptors (Lipinski definition) is 3. The van der Waals surface area contributed by atoms with Crippen LogP contribution >= 0.6 is 15.9 Å². The van der Waals surface area contributed by atoms with Gasteiger partial charge in [0.1, 0.15) is 5.69 Å². The first kappa shape index (κ1) is 14.8. The third-order valence-corrected chi connectivity index (χ3v) is 4.05. The number of hydrogen-bond donors (Lipinski definition) is 0. The van der Waals surface area contributed by atoms with Crippen LogP contribution in [0.3, 0.4) is 0 Å². The van der Waals surface area contributed by atoms with Crippen molar-refractivity contribution >= 4 is 21.9 Å². The van der Waals surface area contributed by atoms with Crippen molar-refractivity contribution in [1.29, 1.82) is 0 Å². The largest absolute Gasteiger partial charge is 0.461 e. The Hall–Kier alpha value is -1.56. The summed E-state index contributed by atoms with van der Waals surface area (Å²) >= 11 is 3.59. The van der Waals surface area contributed by atoms with E-state index in [-0.39, 0.29) is 5.97 Å². The Bertz CT molecular complexity index is 616. The predicted octanol–water partition coefficient (Wildman–Crippen LogP) is 2.77. The fourth-order valence-corrected chi connectivity index (χ4v) is 2.84. The van der Waals surface area contributed by atoms with Gasteiger partial charge in [-0.1, -0.05) is 6.92 Å². The Labute approximate surface area is 126 Å². The zero-order chi connectivity index (χ0) is 14.7. The Morgan fingerprint density at radius 2 is 2.20 bits per heavy atom. The lowest BCUT2D eigenvalue weighted by Crippen LogP contribution is -2.14. The monoisotopic (exact) mass is 339 g/mol. The van der Waals surface area contributed by atoms with Gasteiger partial charge >= 0.3 is 5.97 Å². The molecule has 0 atom stereocenters. The average molecular weight is 340 g/mol. The maximum absolute atomic E-state index is 11.9. The maximum atomic E-state index is 11.9. The van der Waals surface area contributed by atoms with Crippen molar-refractivity contribution in [3.63, 3.8) is 0 Å². The smallest absolute Gasteiger partial charge is 0.354 e. The molecule has 0 aromatic carbocycles. The fourth-order valence-electron chi connectivity index (χ4n) is 2.10. The number of nitrogens with zero attached hydrogens (tertiary/aromatic N) is 3. The Kier molecular flexibility index (Phi) is 4.65.